The zero-order chi connectivity index (χ0) is 73.1. The smallest absolute Gasteiger partial charge is 0.246 e. The Kier molecular flexibility index (Phi) is 19.6. The first-order valence-corrected chi connectivity index (χ1v) is 38.1. The number of halogens is 2. The minimum absolute atomic E-state index is 0.0323. The highest BCUT2D eigenvalue weighted by atomic mass is 35.5. The van der Waals surface area contributed by atoms with Crippen molar-refractivity contribution in [2.75, 3.05) is 115 Å². The first-order chi connectivity index (χ1) is 51.3. The van der Waals surface area contributed by atoms with Crippen molar-refractivity contribution in [2.45, 2.75) is 153 Å². The maximum Gasteiger partial charge on any atom is 0.246 e. The van der Waals surface area contributed by atoms with Crippen molar-refractivity contribution in [1.29, 1.82) is 0 Å². The predicted molar refractivity (Wildman–Crippen MR) is 403 cm³/mol. The van der Waals surface area contributed by atoms with Crippen molar-refractivity contribution in [3.8, 4) is 45.9 Å². The molecule has 25 nitrogen and oxygen atoms in total. The van der Waals surface area contributed by atoms with Crippen LogP contribution in [0.1, 0.15) is 137 Å². The summed E-state index contributed by atoms with van der Waals surface area (Å²) in [4.78, 5) is 75.8. The number of amides is 3. The lowest BCUT2D eigenvalue weighted by Crippen LogP contribution is -2.59. The minimum Gasteiger partial charge on any atom is -0.507 e. The molecule has 3 aromatic carbocycles. The van der Waals surface area contributed by atoms with Crippen LogP contribution >= 0.6 is 11.6 Å². The van der Waals surface area contributed by atoms with Crippen LogP contribution in [0.25, 0.3) is 22.5 Å². The van der Waals surface area contributed by atoms with E-state index in [0.29, 0.717) is 102 Å². The van der Waals surface area contributed by atoms with Crippen LogP contribution in [0.15, 0.2) is 91.5 Å². The van der Waals surface area contributed by atoms with Gasteiger partial charge >= 0.3 is 0 Å². The van der Waals surface area contributed by atoms with Crippen molar-refractivity contribution in [1.82, 2.24) is 66.1 Å². The Bertz CT molecular complexity index is 4520. The number of benzene rings is 3. The summed E-state index contributed by atoms with van der Waals surface area (Å²) in [7, 11) is 0. The largest absolute Gasteiger partial charge is 0.507 e. The van der Waals surface area contributed by atoms with E-state index in [1.807, 2.05) is 76.7 Å². The number of nitrogens with zero attached hydrogens (tertiary/aromatic N) is 14. The summed E-state index contributed by atoms with van der Waals surface area (Å²) < 4.78 is 16.0. The molecule has 0 bridgehead atoms. The number of aromatic hydroxyl groups is 2. The number of phenolic OH excluding ortho intramolecular Hbond substituents is 2. The number of hydrogen-bond acceptors (Lipinski definition) is 22. The van der Waals surface area contributed by atoms with Gasteiger partial charge in [0.1, 0.15) is 29.4 Å². The maximum absolute atomic E-state index is 16.0. The second kappa shape index (κ2) is 29.3. The summed E-state index contributed by atoms with van der Waals surface area (Å²) in [6.45, 7) is 16.1. The second-order valence-corrected chi connectivity index (χ2v) is 32.2. The minimum atomic E-state index is -0.960. The van der Waals surface area contributed by atoms with Gasteiger partial charge in [-0.05, 0) is 179 Å². The van der Waals surface area contributed by atoms with Gasteiger partial charge in [0, 0.05) is 130 Å². The number of aliphatic hydroxyl groups excluding tert-OH is 1. The molecule has 27 heteroatoms. The molecule has 1 spiro atoms. The molecule has 4 aromatic heterocycles. The van der Waals surface area contributed by atoms with Gasteiger partial charge in [0.15, 0.2) is 11.6 Å². The number of hydrogen-bond donors (Lipinski definition) is 8. The number of nitrogens with one attached hydrogen (secondary N) is 5. The predicted octanol–water partition coefficient (Wildman–Crippen LogP) is 8.32. The van der Waals surface area contributed by atoms with Gasteiger partial charge in [-0.1, -0.05) is 62.4 Å². The number of piperidine rings is 2. The number of aromatic nitrogens is 8. The van der Waals surface area contributed by atoms with Crippen LogP contribution < -0.4 is 46.2 Å². The summed E-state index contributed by atoms with van der Waals surface area (Å²) in [5.41, 5.74) is 7.86. The third-order valence-corrected chi connectivity index (χ3v) is 24.6. The highest BCUT2D eigenvalue weighted by molar-refractivity contribution is 6.32. The number of β-amino-alcohol motifs (C(OH)–C–C–N with tert-alkyl or cyclic N) is 1. The molecule has 9 aliphatic rings. The molecule has 0 radical (unpaired) electrons. The van der Waals surface area contributed by atoms with E-state index in [1.165, 1.54) is 16.5 Å². The SMILES string of the molecule is Cc1c(C#CCNC(=O)[C@@H]2C[C@@H](O)CN2C(=O)[C@@H](NC(=O)[C@H]2CCC3(CC2)C[C@H](N2CCC(c4cnc(N5CCN6c7cc(-c8ccccc8O)nnc7NC[C@H]6C5)nc4)CC2)C3)C(C)(C)C)ccc(F)c1C1CC(c2cnc(N3CCN4c5cc(-c6cccc(Cl)c6O)nnc5NC[C@H]4C3)nc2)CCN1. The van der Waals surface area contributed by atoms with E-state index in [9.17, 15) is 29.7 Å². The second-order valence-electron chi connectivity index (χ2n) is 31.8. The Labute approximate surface area is 621 Å². The molecule has 8 N–H and O–H groups in total. The number of carbonyl (C=O) groups is 3. The highest BCUT2D eigenvalue weighted by Crippen LogP contribution is 2.55. The van der Waals surface area contributed by atoms with Gasteiger partial charge in [0.25, 0.3) is 0 Å². The van der Waals surface area contributed by atoms with Gasteiger partial charge in [-0.2, -0.15) is 0 Å². The van der Waals surface area contributed by atoms with E-state index in [-0.39, 0.29) is 83.1 Å². The molecule has 5 saturated heterocycles. The molecular weight excluding hydrogens is 1370 g/mol. The molecule has 7 aliphatic heterocycles. The normalized spacial score (nSPS) is 25.5. The van der Waals surface area contributed by atoms with Gasteiger partial charge in [-0.25, -0.2) is 24.3 Å². The number of phenols is 2. The van der Waals surface area contributed by atoms with Crippen LogP contribution in [0.5, 0.6) is 11.5 Å². The molecule has 11 heterocycles. The fourth-order valence-electron chi connectivity index (χ4n) is 18.2. The number of aliphatic hydroxyl groups is 1. The molecule has 2 saturated carbocycles. The van der Waals surface area contributed by atoms with Crippen molar-refractivity contribution in [3.63, 3.8) is 0 Å². The zero-order valence-electron chi connectivity index (χ0n) is 60.5. The number of rotatable bonds is 13. The summed E-state index contributed by atoms with van der Waals surface area (Å²) in [5.74, 6) is 8.18. The summed E-state index contributed by atoms with van der Waals surface area (Å²) >= 11 is 6.23. The van der Waals surface area contributed by atoms with Crippen molar-refractivity contribution >= 4 is 64.2 Å². The first kappa shape index (κ1) is 70.7. The first-order valence-electron chi connectivity index (χ1n) is 37.8. The molecule has 106 heavy (non-hydrogen) atoms. The Hall–Kier alpha value is -9.55. The van der Waals surface area contributed by atoms with Gasteiger partial charge in [-0.3, -0.25) is 14.4 Å². The third-order valence-electron chi connectivity index (χ3n) is 24.3. The van der Waals surface area contributed by atoms with E-state index in [4.69, 9.17) is 31.5 Å². The molecule has 16 rings (SSSR count). The number of para-hydroxylation sites is 2. The molecule has 7 atom stereocenters. The molecule has 554 valence electrons. The Balaban J connectivity index is 0.472. The van der Waals surface area contributed by atoms with Gasteiger partial charge in [-0.15, -0.1) is 20.4 Å². The van der Waals surface area contributed by atoms with E-state index in [0.717, 1.165) is 126 Å². The zero-order valence-corrected chi connectivity index (χ0v) is 61.2. The molecule has 3 amide bonds. The van der Waals surface area contributed by atoms with Crippen molar-refractivity contribution in [2.24, 2.45) is 16.7 Å². The standard InChI is InChI=1S/C79H93ClFN19O6/c1-46-47(14-15-60(81)68(46)63-31-50(18-24-82-63)52-39-88-77(89-40-52)97-28-30-99-55(44-97)42-85-72-65(99)34-62(92-94-72)58-11-7-12-59(80)69(58)103)9-8-23-83-74(105)66-32-56(101)45-100(66)75(106)70(78(2,3)4)90-73(104)49-16-21-79(22-17-49)35-53(36-79)95-25-19-48(20-26-95)51-37-86-76(87-38-51)96-27-29-98-54(43-96)41-84-71-64(98)33-61(91-93-71)57-10-5-6-13-67(57)102/h5-7,10-15,33-34,37-40,48-50,53-56,63,66,70,82,101-103H,16-32,35-36,41-45H2,1-4H3,(H,83,105)(H,84,93)(H,85,94)(H,90,104)/t49-,50?,53-,54-,55-,56+,63?,66-,70+,79?/m0/s1. The summed E-state index contributed by atoms with van der Waals surface area (Å²) in [6.07, 6.45) is 16.3. The van der Waals surface area contributed by atoms with Crippen LogP contribution in [0.3, 0.4) is 0 Å². The van der Waals surface area contributed by atoms with Crippen molar-refractivity contribution < 1.29 is 34.1 Å². The molecule has 2 unspecified atom stereocenters. The Morgan fingerprint density at radius 3 is 1.95 bits per heavy atom. The van der Waals surface area contributed by atoms with Crippen LogP contribution in [0, 0.1) is 41.3 Å². The fourth-order valence-corrected chi connectivity index (χ4v) is 18.4. The lowest BCUT2D eigenvalue weighted by atomic mass is 9.56. The van der Waals surface area contributed by atoms with Crippen molar-refractivity contribution in [3.05, 3.63) is 130 Å². The number of fused-ring (bicyclic) bond motifs is 6. The number of anilines is 6. The van der Waals surface area contributed by atoms with Crippen LogP contribution in [-0.4, -0.2) is 205 Å². The average Bonchev–Trinajstić information content (AvgIpc) is 0.899. The van der Waals surface area contributed by atoms with Gasteiger partial charge in [0.05, 0.1) is 52.5 Å². The molecular formula is C79H93ClFN19O6. The molecule has 7 fully saturated rings. The number of carbonyl (C=O) groups excluding carboxylic acids is 3. The maximum atomic E-state index is 16.0. The highest BCUT2D eigenvalue weighted by Gasteiger charge is 2.51. The number of piperazine rings is 2. The average molecular weight is 1460 g/mol. The quantitative estimate of drug-likeness (QED) is 0.0503. The Morgan fingerprint density at radius 1 is 0.708 bits per heavy atom. The van der Waals surface area contributed by atoms with Crippen LogP contribution in [0.2, 0.25) is 5.02 Å². The lowest BCUT2D eigenvalue weighted by Gasteiger charge is -2.55. The van der Waals surface area contributed by atoms with Gasteiger partial charge < -0.3 is 71.3 Å². The number of likely N-dealkylation sites (tertiary alicyclic amines) is 2. The topological polar surface area (TPSA) is 295 Å². The molecule has 2 aliphatic carbocycles. The lowest BCUT2D eigenvalue weighted by molar-refractivity contribution is -0.145. The van der Waals surface area contributed by atoms with Crippen LogP contribution in [-0.2, 0) is 14.4 Å². The summed E-state index contributed by atoms with van der Waals surface area (Å²) in [5, 5.41) is 66.6. The monoisotopic (exact) mass is 1460 g/mol. The van der Waals surface area contributed by atoms with Crippen LogP contribution in [0.4, 0.5) is 39.3 Å². The van der Waals surface area contributed by atoms with E-state index < -0.39 is 35.4 Å². The van der Waals surface area contributed by atoms with E-state index >= 15 is 4.39 Å². The van der Waals surface area contributed by atoms with E-state index in [1.54, 1.807) is 36.4 Å². The third kappa shape index (κ3) is 14.1. The van der Waals surface area contributed by atoms with Gasteiger partial charge in [0.2, 0.25) is 29.6 Å². The summed E-state index contributed by atoms with van der Waals surface area (Å²) in [6, 6.07) is 18.1. The Morgan fingerprint density at radius 2 is 1.32 bits per heavy atom. The fraction of sp³-hybridized carbons (Fsp3) is 0.506. The van der Waals surface area contributed by atoms with E-state index in [2.05, 4.69) is 83.3 Å². The molecule has 7 aromatic rings.